The molecule has 3 aromatic heterocycles. The zero-order valence-electron chi connectivity index (χ0n) is 22.0. The van der Waals surface area contributed by atoms with Gasteiger partial charge in [-0.1, -0.05) is 24.3 Å². The average molecular weight is 564 g/mol. The number of hydrogen-bond donors (Lipinski definition) is 3. The summed E-state index contributed by atoms with van der Waals surface area (Å²) < 4.78 is 41.1. The number of nitrogens with zero attached hydrogens (tertiary/aromatic N) is 4. The van der Waals surface area contributed by atoms with Gasteiger partial charge in [-0.15, -0.1) is 0 Å². The van der Waals surface area contributed by atoms with Gasteiger partial charge in [-0.2, -0.15) is 13.2 Å². The monoisotopic (exact) mass is 563 g/mol. The Hall–Kier alpha value is -4.74. The molecule has 1 aliphatic rings. The fourth-order valence-corrected chi connectivity index (χ4v) is 4.70. The van der Waals surface area contributed by atoms with Gasteiger partial charge >= 0.3 is 6.18 Å². The lowest BCUT2D eigenvalue weighted by Gasteiger charge is -2.10. The van der Waals surface area contributed by atoms with Gasteiger partial charge < -0.3 is 16.4 Å². The van der Waals surface area contributed by atoms with Gasteiger partial charge in [0, 0.05) is 55.0 Å². The fourth-order valence-electron chi connectivity index (χ4n) is 4.70. The van der Waals surface area contributed by atoms with Crippen LogP contribution in [0.3, 0.4) is 0 Å². The minimum atomic E-state index is -4.55. The van der Waals surface area contributed by atoms with Crippen LogP contribution in [0.2, 0.25) is 0 Å². The van der Waals surface area contributed by atoms with E-state index >= 15 is 0 Å². The van der Waals surface area contributed by atoms with Gasteiger partial charge in [-0.05, 0) is 43.5 Å². The predicted octanol–water partition coefficient (Wildman–Crippen LogP) is 4.98. The molecule has 0 unspecified atom stereocenters. The number of pyridine rings is 1. The van der Waals surface area contributed by atoms with E-state index in [0.29, 0.717) is 54.8 Å². The molecule has 0 fully saturated rings. The van der Waals surface area contributed by atoms with Crippen molar-refractivity contribution in [2.75, 3.05) is 17.6 Å². The number of halogens is 3. The number of hydrogen-bond acceptors (Lipinski definition) is 6. The van der Waals surface area contributed by atoms with Gasteiger partial charge in [0.15, 0.2) is 0 Å². The molecule has 212 valence electrons. The maximum Gasteiger partial charge on any atom is 0.416 e. The smallest absolute Gasteiger partial charge is 0.382 e. The van der Waals surface area contributed by atoms with Crippen molar-refractivity contribution in [1.29, 1.82) is 0 Å². The molecule has 0 bridgehead atoms. The molecular weight excluding hydrogens is 535 g/mol. The van der Waals surface area contributed by atoms with Crippen molar-refractivity contribution in [3.8, 4) is 11.3 Å². The quantitative estimate of drug-likeness (QED) is 0.302. The highest BCUT2D eigenvalue weighted by Crippen LogP contribution is 2.31. The molecule has 0 radical (unpaired) electrons. The second-order valence-electron chi connectivity index (χ2n) is 9.68. The number of amides is 2. The first-order valence-corrected chi connectivity index (χ1v) is 13.2. The van der Waals surface area contributed by atoms with Crippen molar-refractivity contribution in [3.63, 3.8) is 0 Å². The Labute approximate surface area is 233 Å². The number of alkyl halides is 3. The van der Waals surface area contributed by atoms with Gasteiger partial charge in [0.2, 0.25) is 5.91 Å². The predicted molar refractivity (Wildman–Crippen MR) is 148 cm³/mol. The zero-order chi connectivity index (χ0) is 29.0. The van der Waals surface area contributed by atoms with E-state index in [1.54, 1.807) is 30.5 Å². The molecule has 2 amide bonds. The maximum absolute atomic E-state index is 13.0. The Morgan fingerprint density at radius 2 is 1.85 bits per heavy atom. The Bertz CT molecular complexity index is 1610. The largest absolute Gasteiger partial charge is 0.416 e. The van der Waals surface area contributed by atoms with Gasteiger partial charge in [0.1, 0.15) is 28.7 Å². The molecule has 1 aromatic carbocycles. The van der Waals surface area contributed by atoms with Crippen molar-refractivity contribution >= 4 is 29.0 Å². The third kappa shape index (κ3) is 6.37. The van der Waals surface area contributed by atoms with Crippen LogP contribution >= 0.6 is 0 Å². The zero-order valence-corrected chi connectivity index (χ0v) is 22.0. The van der Waals surface area contributed by atoms with Crippen LogP contribution in [-0.2, 0) is 23.8 Å². The Balaban J connectivity index is 1.44. The molecule has 0 atom stereocenters. The van der Waals surface area contributed by atoms with Crippen molar-refractivity contribution in [3.05, 3.63) is 83.6 Å². The van der Waals surface area contributed by atoms with E-state index in [1.165, 1.54) is 0 Å². The second kappa shape index (κ2) is 11.8. The van der Waals surface area contributed by atoms with E-state index in [4.69, 9.17) is 10.7 Å². The van der Waals surface area contributed by atoms with Crippen molar-refractivity contribution < 1.29 is 22.8 Å². The van der Waals surface area contributed by atoms with E-state index < -0.39 is 17.6 Å². The lowest BCUT2D eigenvalue weighted by atomic mass is 10.1. The first-order chi connectivity index (χ1) is 19.7. The molecule has 4 heterocycles. The average Bonchev–Trinajstić information content (AvgIpc) is 3.34. The van der Waals surface area contributed by atoms with Gasteiger partial charge in [0.05, 0.1) is 5.56 Å². The Morgan fingerprint density at radius 3 is 2.63 bits per heavy atom. The van der Waals surface area contributed by atoms with E-state index in [9.17, 15) is 22.8 Å². The van der Waals surface area contributed by atoms with Crippen LogP contribution in [0.25, 0.3) is 16.8 Å². The molecule has 4 aromatic rings. The third-order valence-electron chi connectivity index (χ3n) is 6.75. The molecule has 41 heavy (non-hydrogen) atoms. The summed E-state index contributed by atoms with van der Waals surface area (Å²) in [7, 11) is 0. The molecule has 0 saturated heterocycles. The van der Waals surface area contributed by atoms with Crippen LogP contribution in [0.4, 0.5) is 24.8 Å². The van der Waals surface area contributed by atoms with E-state index in [2.05, 4.69) is 26.7 Å². The normalized spacial score (nSPS) is 15.6. The first-order valence-electron chi connectivity index (χ1n) is 13.2. The molecule has 0 saturated carbocycles. The van der Waals surface area contributed by atoms with E-state index in [0.717, 1.165) is 42.7 Å². The SMILES string of the molecule is Nc1ncc2n3c(nc(-c4ccc(C(=O)Nc5cc(C(F)(F)F)ccn5)cc4)c13)CCCNC(=O)CCC/C=C\C2. The van der Waals surface area contributed by atoms with Crippen LogP contribution in [0.1, 0.15) is 53.1 Å². The third-order valence-corrected chi connectivity index (χ3v) is 6.75. The van der Waals surface area contributed by atoms with E-state index in [1.807, 2.05) is 10.5 Å². The van der Waals surface area contributed by atoms with Crippen molar-refractivity contribution in [2.24, 2.45) is 0 Å². The molecule has 1 aliphatic heterocycles. The van der Waals surface area contributed by atoms with Crippen molar-refractivity contribution in [2.45, 2.75) is 44.7 Å². The summed E-state index contributed by atoms with van der Waals surface area (Å²) in [5.74, 6) is 0.305. The molecule has 5 rings (SSSR count). The summed E-state index contributed by atoms with van der Waals surface area (Å²) in [5.41, 5.74) is 8.52. The summed E-state index contributed by atoms with van der Waals surface area (Å²) in [6.07, 6.45) is 6.24. The summed E-state index contributed by atoms with van der Waals surface area (Å²) in [6, 6.07) is 8.14. The number of anilines is 2. The van der Waals surface area contributed by atoms with Gasteiger partial charge in [0.25, 0.3) is 5.91 Å². The van der Waals surface area contributed by atoms with Crippen LogP contribution < -0.4 is 16.4 Å². The topological polar surface area (TPSA) is 127 Å². The molecule has 0 aliphatic carbocycles. The number of imidazole rings is 1. The van der Waals surface area contributed by atoms with Crippen LogP contribution in [0.15, 0.2) is 60.9 Å². The summed E-state index contributed by atoms with van der Waals surface area (Å²) in [4.78, 5) is 37.9. The number of aromatic nitrogens is 4. The molecule has 0 spiro atoms. The minimum absolute atomic E-state index is 0.0335. The lowest BCUT2D eigenvalue weighted by Crippen LogP contribution is -2.24. The Morgan fingerprint density at radius 1 is 1.05 bits per heavy atom. The standard InChI is InChI=1S/C29H28F3N7O2/c30-29(31,32)20-13-15-34-22(16-20)37-28(41)19-11-9-18(10-12-19)25-26-27(33)36-17-21-6-3-1-2-4-8-24(40)35-14-5-7-23(38-25)39(21)26/h1,3,9-13,15-17H,2,4-8,14H2,(H2,33,36)(H,35,40)(H,34,37,41)/b3-1-. The van der Waals surface area contributed by atoms with Crippen LogP contribution in [0, 0.1) is 0 Å². The molecule has 9 nitrogen and oxygen atoms in total. The molecular formula is C29H28F3N7O2. The fraction of sp³-hybridized carbons (Fsp3) is 0.276. The number of nitrogens with two attached hydrogens (primary N) is 1. The summed E-state index contributed by atoms with van der Waals surface area (Å²) in [5, 5.41) is 5.36. The van der Waals surface area contributed by atoms with Crippen LogP contribution in [-0.4, -0.2) is 37.7 Å². The number of benzene rings is 1. The first kappa shape index (κ1) is 27.8. The lowest BCUT2D eigenvalue weighted by molar-refractivity contribution is -0.137. The number of carbonyl (C=O) groups excluding carboxylic acids is 2. The Kier molecular flexibility index (Phi) is 7.99. The van der Waals surface area contributed by atoms with Gasteiger partial charge in [-0.25, -0.2) is 15.0 Å². The highest BCUT2D eigenvalue weighted by Gasteiger charge is 2.31. The number of aryl methyl sites for hydroxylation is 1. The maximum atomic E-state index is 13.0. The second-order valence-corrected chi connectivity index (χ2v) is 9.68. The van der Waals surface area contributed by atoms with E-state index in [-0.39, 0.29) is 17.3 Å². The molecule has 12 heteroatoms. The summed E-state index contributed by atoms with van der Waals surface area (Å²) >= 11 is 0. The highest BCUT2D eigenvalue weighted by atomic mass is 19.4. The minimum Gasteiger partial charge on any atom is -0.382 e. The van der Waals surface area contributed by atoms with Crippen LogP contribution in [0.5, 0.6) is 0 Å². The number of allylic oxidation sites excluding steroid dienone is 2. The highest BCUT2D eigenvalue weighted by molar-refractivity contribution is 6.04. The van der Waals surface area contributed by atoms with Gasteiger partial charge in [-0.3, -0.25) is 14.0 Å². The number of nitrogen functional groups attached to an aromatic ring is 1. The number of rotatable bonds is 3. The number of nitrogens with one attached hydrogen (secondary N) is 2. The summed E-state index contributed by atoms with van der Waals surface area (Å²) in [6.45, 7) is 0.527. The molecule has 4 N–H and O–H groups in total. The number of carbonyl (C=O) groups is 2. The van der Waals surface area contributed by atoms with Crippen molar-refractivity contribution in [1.82, 2.24) is 24.7 Å².